The highest BCUT2D eigenvalue weighted by molar-refractivity contribution is 6.59. The summed E-state index contributed by atoms with van der Waals surface area (Å²) in [6, 6.07) is -1.05. The van der Waals surface area contributed by atoms with Gasteiger partial charge in [0, 0.05) is 6.04 Å². The van der Waals surface area contributed by atoms with E-state index in [1.165, 1.54) is 0 Å². The van der Waals surface area contributed by atoms with Gasteiger partial charge >= 0.3 is 5.97 Å². The van der Waals surface area contributed by atoms with Crippen LogP contribution in [0.25, 0.3) is 0 Å². The van der Waals surface area contributed by atoms with Crippen LogP contribution in [0.15, 0.2) is 4.99 Å². The SMILES string of the molecule is [B]C([B])([B])C(CC(=O)O)N=C(N)N. The van der Waals surface area contributed by atoms with Crippen molar-refractivity contribution in [3.63, 3.8) is 0 Å². The lowest BCUT2D eigenvalue weighted by Crippen LogP contribution is -2.35. The summed E-state index contributed by atoms with van der Waals surface area (Å²) in [5.74, 6) is -1.45. The van der Waals surface area contributed by atoms with Gasteiger partial charge in [0.05, 0.1) is 30.0 Å². The second-order valence-electron chi connectivity index (χ2n) is 2.67. The van der Waals surface area contributed by atoms with Gasteiger partial charge in [-0.2, -0.15) is 0 Å². The highest BCUT2D eigenvalue weighted by Crippen LogP contribution is 2.21. The average molecular weight is 175 g/mol. The molecule has 64 valence electrons. The van der Waals surface area contributed by atoms with Crippen molar-refractivity contribution in [3.05, 3.63) is 0 Å². The maximum absolute atomic E-state index is 10.3. The van der Waals surface area contributed by atoms with Crippen molar-refractivity contribution >= 4 is 35.5 Å². The lowest BCUT2D eigenvalue weighted by Gasteiger charge is -2.27. The van der Waals surface area contributed by atoms with Crippen LogP contribution in [0.4, 0.5) is 0 Å². The summed E-state index contributed by atoms with van der Waals surface area (Å²) in [7, 11) is 15.8. The molecule has 0 spiro atoms. The van der Waals surface area contributed by atoms with Crippen molar-refractivity contribution in [2.75, 3.05) is 0 Å². The first-order chi connectivity index (χ1) is 5.73. The minimum absolute atomic E-state index is 0.308. The molecule has 0 bridgehead atoms. The Hall–Kier alpha value is -1.07. The first kappa shape index (κ1) is 11.9. The summed E-state index contributed by atoms with van der Waals surface area (Å²) in [6.07, 6.45) is -0.429. The molecule has 1 atom stereocenters. The van der Waals surface area contributed by atoms with E-state index in [1.807, 2.05) is 0 Å². The van der Waals surface area contributed by atoms with Crippen molar-refractivity contribution in [1.29, 1.82) is 0 Å². The van der Waals surface area contributed by atoms with Crippen molar-refractivity contribution in [2.45, 2.75) is 17.6 Å². The van der Waals surface area contributed by atoms with Crippen LogP contribution in [0.3, 0.4) is 0 Å². The van der Waals surface area contributed by atoms with Crippen LogP contribution in [0.1, 0.15) is 6.42 Å². The Labute approximate surface area is 80.2 Å². The molecule has 13 heavy (non-hydrogen) atoms. The van der Waals surface area contributed by atoms with E-state index in [0.29, 0.717) is 0 Å². The predicted molar refractivity (Wildman–Crippen MR) is 51.8 cm³/mol. The van der Waals surface area contributed by atoms with E-state index in [-0.39, 0.29) is 5.96 Å². The molecule has 0 fully saturated rings. The molecule has 0 aromatic rings. The molecule has 0 amide bonds. The summed E-state index contributed by atoms with van der Waals surface area (Å²) in [5, 5.41) is 6.69. The van der Waals surface area contributed by atoms with E-state index in [1.54, 1.807) is 0 Å². The summed E-state index contributed by atoms with van der Waals surface area (Å²) in [4.78, 5) is 13.8. The molecule has 0 rings (SSSR count). The molecule has 0 aliphatic carbocycles. The Balaban J connectivity index is 4.57. The molecule has 5 N–H and O–H groups in total. The molecule has 0 saturated carbocycles. The molecule has 0 aliphatic rings. The van der Waals surface area contributed by atoms with Gasteiger partial charge in [0.15, 0.2) is 5.96 Å². The van der Waals surface area contributed by atoms with Crippen molar-refractivity contribution in [2.24, 2.45) is 16.5 Å². The third kappa shape index (κ3) is 5.22. The van der Waals surface area contributed by atoms with E-state index in [4.69, 9.17) is 40.1 Å². The largest absolute Gasteiger partial charge is 0.481 e. The molecule has 0 heterocycles. The van der Waals surface area contributed by atoms with E-state index in [2.05, 4.69) is 4.99 Å². The van der Waals surface area contributed by atoms with Crippen LogP contribution in [0, 0.1) is 0 Å². The van der Waals surface area contributed by atoms with Gasteiger partial charge in [-0.15, -0.1) is 5.11 Å². The van der Waals surface area contributed by atoms with Gasteiger partial charge in [0.1, 0.15) is 0 Å². The Morgan fingerprint density at radius 3 is 2.15 bits per heavy atom. The Bertz CT molecular complexity index is 222. The quantitative estimate of drug-likeness (QED) is 0.253. The molecular weight excluding hydrogens is 167 g/mol. The number of carboxylic acid groups (broad SMARTS) is 1. The zero-order chi connectivity index (χ0) is 10.6. The van der Waals surface area contributed by atoms with Crippen molar-refractivity contribution in [3.8, 4) is 0 Å². The molecular formula is C5H8B3N3O2. The van der Waals surface area contributed by atoms with Crippen LogP contribution in [-0.2, 0) is 4.79 Å². The number of carbonyl (C=O) groups is 1. The molecule has 0 aromatic heterocycles. The highest BCUT2D eigenvalue weighted by Gasteiger charge is 2.25. The van der Waals surface area contributed by atoms with Crippen LogP contribution in [0.2, 0.25) is 5.11 Å². The lowest BCUT2D eigenvalue weighted by molar-refractivity contribution is -0.137. The minimum atomic E-state index is -1.75. The number of rotatable bonds is 4. The Kier molecular flexibility index (Phi) is 3.90. The number of nitrogens with zero attached hydrogens (tertiary/aromatic N) is 1. The fourth-order valence-electron chi connectivity index (χ4n) is 0.680. The van der Waals surface area contributed by atoms with Gasteiger partial charge in [0.25, 0.3) is 0 Å². The van der Waals surface area contributed by atoms with Gasteiger partial charge in [0.2, 0.25) is 0 Å². The van der Waals surface area contributed by atoms with Crippen molar-refractivity contribution in [1.82, 2.24) is 0 Å². The smallest absolute Gasteiger partial charge is 0.305 e. The van der Waals surface area contributed by atoms with Gasteiger partial charge in [-0.25, -0.2) is 0 Å². The van der Waals surface area contributed by atoms with E-state index in [0.717, 1.165) is 0 Å². The molecule has 8 heteroatoms. The number of hydrogen-bond acceptors (Lipinski definition) is 2. The standard InChI is InChI=1S/C5H8B3N3O2/c6-5(7,8)2(1-3(12)13)11-4(9)10/h2H,1H2,(H,12,13)(H4,9,10,11). The molecule has 0 aliphatic heterocycles. The second kappa shape index (κ2) is 4.25. The van der Waals surface area contributed by atoms with Gasteiger partial charge in [-0.3, -0.25) is 9.79 Å². The molecule has 0 aromatic carbocycles. The third-order valence-corrected chi connectivity index (χ3v) is 1.25. The minimum Gasteiger partial charge on any atom is -0.481 e. The number of guanidine groups is 1. The summed E-state index contributed by atoms with van der Waals surface area (Å²) >= 11 is 0. The predicted octanol–water partition coefficient (Wildman–Crippen LogP) is -2.32. The third-order valence-electron chi connectivity index (χ3n) is 1.25. The maximum atomic E-state index is 10.3. The van der Waals surface area contributed by atoms with Crippen LogP contribution in [-0.4, -0.2) is 46.6 Å². The number of aliphatic imine (C=N–C) groups is 1. The van der Waals surface area contributed by atoms with Gasteiger partial charge in [-0.05, 0) is 0 Å². The number of aliphatic carboxylic acids is 1. The summed E-state index contributed by atoms with van der Waals surface area (Å²) in [5.41, 5.74) is 10.1. The molecule has 5 nitrogen and oxygen atoms in total. The highest BCUT2D eigenvalue weighted by atomic mass is 16.4. The number of hydrogen-bond donors (Lipinski definition) is 3. The number of nitrogens with two attached hydrogens (primary N) is 2. The first-order valence-electron chi connectivity index (χ1n) is 3.40. The summed E-state index contributed by atoms with van der Waals surface area (Å²) < 4.78 is 0. The molecule has 0 saturated heterocycles. The average Bonchev–Trinajstić information content (AvgIpc) is 1.81. The normalized spacial score (nSPS) is 13.2. The van der Waals surface area contributed by atoms with E-state index in [9.17, 15) is 4.79 Å². The van der Waals surface area contributed by atoms with Crippen LogP contribution < -0.4 is 11.5 Å². The maximum Gasteiger partial charge on any atom is 0.305 e. The number of carboxylic acids is 1. The van der Waals surface area contributed by atoms with Crippen LogP contribution >= 0.6 is 0 Å². The fraction of sp³-hybridized carbons (Fsp3) is 0.600. The van der Waals surface area contributed by atoms with Gasteiger partial charge in [-0.1, -0.05) is 0 Å². The van der Waals surface area contributed by atoms with Crippen molar-refractivity contribution < 1.29 is 9.90 Å². The summed E-state index contributed by atoms with van der Waals surface area (Å²) in [6.45, 7) is 0. The lowest BCUT2D eigenvalue weighted by atomic mass is 9.39. The Morgan fingerprint density at radius 2 is 1.92 bits per heavy atom. The molecule has 6 radical (unpaired) electrons. The first-order valence-corrected chi connectivity index (χ1v) is 3.40. The van der Waals surface area contributed by atoms with E-state index >= 15 is 0 Å². The molecule has 1 unspecified atom stereocenters. The zero-order valence-electron chi connectivity index (χ0n) is 6.97. The zero-order valence-corrected chi connectivity index (χ0v) is 6.97. The second-order valence-corrected chi connectivity index (χ2v) is 2.67. The monoisotopic (exact) mass is 175 g/mol. The Morgan fingerprint density at radius 1 is 1.46 bits per heavy atom. The topological polar surface area (TPSA) is 102 Å². The fourth-order valence-corrected chi connectivity index (χ4v) is 0.680. The van der Waals surface area contributed by atoms with Gasteiger partial charge < -0.3 is 16.6 Å². The van der Waals surface area contributed by atoms with Crippen LogP contribution in [0.5, 0.6) is 0 Å². The van der Waals surface area contributed by atoms with E-state index < -0.39 is 23.5 Å².